The van der Waals surface area contributed by atoms with Crippen molar-refractivity contribution in [3.63, 3.8) is 0 Å². The zero-order valence-corrected chi connectivity index (χ0v) is 9.94. The third-order valence-corrected chi connectivity index (χ3v) is 3.15. The Bertz CT molecular complexity index is 365. The maximum Gasteiger partial charge on any atom is 0.421 e. The van der Waals surface area contributed by atoms with Crippen molar-refractivity contribution in [2.75, 3.05) is 20.7 Å². The molecule has 16 heavy (non-hydrogen) atoms. The summed E-state index contributed by atoms with van der Waals surface area (Å²) in [6.07, 6.45) is -1.13. The zero-order valence-electron chi connectivity index (χ0n) is 9.13. The van der Waals surface area contributed by atoms with Crippen LogP contribution in [0.25, 0.3) is 0 Å². The van der Waals surface area contributed by atoms with E-state index in [0.29, 0.717) is 0 Å². The summed E-state index contributed by atoms with van der Waals surface area (Å²) in [7, 11) is -1.88. The SMILES string of the molecule is COC(=O)NS(=O)(=O)N(C)CC(C)C(=O)O. The highest BCUT2D eigenvalue weighted by Crippen LogP contribution is 2.02. The van der Waals surface area contributed by atoms with Gasteiger partial charge < -0.3 is 9.84 Å². The summed E-state index contributed by atoms with van der Waals surface area (Å²) in [5.41, 5.74) is 0. The van der Waals surface area contributed by atoms with Gasteiger partial charge in [0.2, 0.25) is 0 Å². The minimum absolute atomic E-state index is 0.248. The number of amides is 1. The molecule has 0 bridgehead atoms. The Morgan fingerprint density at radius 3 is 2.38 bits per heavy atom. The maximum absolute atomic E-state index is 11.4. The van der Waals surface area contributed by atoms with Crippen molar-refractivity contribution in [2.45, 2.75) is 6.92 Å². The molecule has 0 aliphatic rings. The Labute approximate surface area is 93.4 Å². The lowest BCUT2D eigenvalue weighted by Gasteiger charge is -2.18. The molecule has 1 atom stereocenters. The van der Waals surface area contributed by atoms with Crippen LogP contribution < -0.4 is 4.72 Å². The second-order valence-corrected chi connectivity index (χ2v) is 4.90. The minimum atomic E-state index is -4.05. The lowest BCUT2D eigenvalue weighted by atomic mass is 10.2. The Morgan fingerprint density at radius 2 is 2.00 bits per heavy atom. The number of hydrogen-bond acceptors (Lipinski definition) is 5. The van der Waals surface area contributed by atoms with Gasteiger partial charge in [-0.2, -0.15) is 12.7 Å². The van der Waals surface area contributed by atoms with Gasteiger partial charge in [0.1, 0.15) is 0 Å². The lowest BCUT2D eigenvalue weighted by molar-refractivity contribution is -0.141. The van der Waals surface area contributed by atoms with Crippen molar-refractivity contribution < 1.29 is 27.9 Å². The standard InChI is InChI=1S/C7H14N2O6S/c1-5(6(10)11)4-9(2)16(13,14)8-7(12)15-3/h5H,4H2,1-3H3,(H,8,12)(H,10,11). The molecular weight excluding hydrogens is 240 g/mol. The number of hydrogen-bond donors (Lipinski definition) is 2. The molecule has 0 heterocycles. The fourth-order valence-electron chi connectivity index (χ4n) is 0.787. The van der Waals surface area contributed by atoms with Gasteiger partial charge in [0.05, 0.1) is 13.0 Å². The van der Waals surface area contributed by atoms with E-state index < -0.39 is 28.2 Å². The topological polar surface area (TPSA) is 113 Å². The van der Waals surface area contributed by atoms with Gasteiger partial charge in [-0.15, -0.1) is 0 Å². The van der Waals surface area contributed by atoms with Crippen LogP contribution in [-0.4, -0.2) is 50.6 Å². The van der Waals surface area contributed by atoms with Crippen LogP contribution >= 0.6 is 0 Å². The van der Waals surface area contributed by atoms with Crippen molar-refractivity contribution in [2.24, 2.45) is 5.92 Å². The molecule has 9 heteroatoms. The molecule has 2 N–H and O–H groups in total. The van der Waals surface area contributed by atoms with E-state index in [4.69, 9.17) is 5.11 Å². The van der Waals surface area contributed by atoms with E-state index in [-0.39, 0.29) is 6.54 Å². The van der Waals surface area contributed by atoms with Crippen molar-refractivity contribution >= 4 is 22.3 Å². The summed E-state index contributed by atoms with van der Waals surface area (Å²) in [6, 6.07) is 0. The molecule has 0 aromatic carbocycles. The molecule has 0 radical (unpaired) electrons. The van der Waals surface area contributed by atoms with Crippen LogP contribution in [0.4, 0.5) is 4.79 Å². The van der Waals surface area contributed by atoms with Gasteiger partial charge in [0.15, 0.2) is 0 Å². The highest BCUT2D eigenvalue weighted by molar-refractivity contribution is 7.87. The molecule has 8 nitrogen and oxygen atoms in total. The fourth-order valence-corrected chi connectivity index (χ4v) is 1.66. The molecule has 0 aromatic rings. The first kappa shape index (κ1) is 14.6. The monoisotopic (exact) mass is 254 g/mol. The lowest BCUT2D eigenvalue weighted by Crippen LogP contribution is -2.43. The first-order valence-corrected chi connectivity index (χ1v) is 5.69. The molecule has 0 saturated heterocycles. The Morgan fingerprint density at radius 1 is 1.50 bits per heavy atom. The Hall–Kier alpha value is -1.35. The van der Waals surface area contributed by atoms with Crippen molar-refractivity contribution in [1.82, 2.24) is 9.03 Å². The van der Waals surface area contributed by atoms with E-state index in [1.165, 1.54) is 6.92 Å². The number of aliphatic carboxylic acids is 1. The van der Waals surface area contributed by atoms with Crippen molar-refractivity contribution in [1.29, 1.82) is 0 Å². The molecule has 0 rings (SSSR count). The first-order chi connectivity index (χ1) is 7.20. The van der Waals surface area contributed by atoms with Crippen molar-refractivity contribution in [3.8, 4) is 0 Å². The predicted molar refractivity (Wildman–Crippen MR) is 53.9 cm³/mol. The zero-order chi connectivity index (χ0) is 12.9. The van der Waals surface area contributed by atoms with Crippen LogP contribution in [-0.2, 0) is 19.7 Å². The molecule has 0 saturated carbocycles. The average molecular weight is 254 g/mol. The van der Waals surface area contributed by atoms with Crippen LogP contribution in [0.15, 0.2) is 0 Å². The fraction of sp³-hybridized carbons (Fsp3) is 0.714. The molecule has 0 aliphatic heterocycles. The number of rotatable bonds is 5. The second-order valence-electron chi connectivity index (χ2n) is 3.12. The van der Waals surface area contributed by atoms with E-state index in [0.717, 1.165) is 18.5 Å². The normalized spacial score (nSPS) is 13.2. The summed E-state index contributed by atoms with van der Waals surface area (Å²) in [5.74, 6) is -2.00. The second kappa shape index (κ2) is 5.66. The number of carbonyl (C=O) groups excluding carboxylic acids is 1. The minimum Gasteiger partial charge on any atom is -0.481 e. The van der Waals surface area contributed by atoms with Gasteiger partial charge in [-0.3, -0.25) is 4.79 Å². The molecular formula is C7H14N2O6S. The maximum atomic E-state index is 11.4. The number of carboxylic acid groups (broad SMARTS) is 1. The van der Waals surface area contributed by atoms with Gasteiger partial charge in [0.25, 0.3) is 0 Å². The summed E-state index contributed by atoms with van der Waals surface area (Å²) in [5, 5.41) is 8.59. The summed E-state index contributed by atoms with van der Waals surface area (Å²) >= 11 is 0. The molecule has 0 aliphatic carbocycles. The number of carbonyl (C=O) groups is 2. The first-order valence-electron chi connectivity index (χ1n) is 4.25. The van der Waals surface area contributed by atoms with Gasteiger partial charge in [-0.1, -0.05) is 6.92 Å². The third kappa shape index (κ3) is 4.45. The van der Waals surface area contributed by atoms with E-state index in [9.17, 15) is 18.0 Å². The van der Waals surface area contributed by atoms with Crippen molar-refractivity contribution in [3.05, 3.63) is 0 Å². The van der Waals surface area contributed by atoms with E-state index in [2.05, 4.69) is 4.74 Å². The van der Waals surface area contributed by atoms with E-state index in [1.54, 1.807) is 4.72 Å². The number of carboxylic acids is 1. The van der Waals surface area contributed by atoms with Crippen LogP contribution in [0.5, 0.6) is 0 Å². The predicted octanol–water partition coefficient (Wildman–Crippen LogP) is -0.760. The van der Waals surface area contributed by atoms with Gasteiger partial charge in [-0.05, 0) is 0 Å². The van der Waals surface area contributed by atoms with E-state index in [1.807, 2.05) is 0 Å². The number of methoxy groups -OCH3 is 1. The largest absolute Gasteiger partial charge is 0.481 e. The number of nitrogens with zero attached hydrogens (tertiary/aromatic N) is 1. The van der Waals surface area contributed by atoms with Gasteiger partial charge in [-0.25, -0.2) is 9.52 Å². The molecule has 1 amide bonds. The highest BCUT2D eigenvalue weighted by Gasteiger charge is 2.24. The quantitative estimate of drug-likeness (QED) is 0.666. The molecule has 1 unspecified atom stereocenters. The van der Waals surface area contributed by atoms with Gasteiger partial charge >= 0.3 is 22.3 Å². The van der Waals surface area contributed by atoms with Crippen LogP contribution in [0, 0.1) is 5.92 Å². The summed E-state index contributed by atoms with van der Waals surface area (Å²) in [6.45, 7) is 1.11. The molecule has 0 spiro atoms. The molecule has 0 fully saturated rings. The molecule has 94 valence electrons. The van der Waals surface area contributed by atoms with Crippen LogP contribution in [0.3, 0.4) is 0 Å². The smallest absolute Gasteiger partial charge is 0.421 e. The number of ether oxygens (including phenoxy) is 1. The third-order valence-electron chi connectivity index (χ3n) is 1.76. The Kier molecular flexibility index (Phi) is 5.18. The van der Waals surface area contributed by atoms with E-state index >= 15 is 0 Å². The Balaban J connectivity index is 4.53. The highest BCUT2D eigenvalue weighted by atomic mass is 32.2. The number of nitrogens with one attached hydrogen (secondary N) is 1. The molecule has 0 aromatic heterocycles. The van der Waals surface area contributed by atoms with Crippen LogP contribution in [0.2, 0.25) is 0 Å². The average Bonchev–Trinajstić information content (AvgIpc) is 2.16. The van der Waals surface area contributed by atoms with Gasteiger partial charge in [0, 0.05) is 13.6 Å². The summed E-state index contributed by atoms with van der Waals surface area (Å²) in [4.78, 5) is 21.2. The van der Waals surface area contributed by atoms with Crippen LogP contribution in [0.1, 0.15) is 6.92 Å². The summed E-state index contributed by atoms with van der Waals surface area (Å²) < 4.78 is 29.2.